The Morgan fingerprint density at radius 3 is 3.60 bits per heavy atom. The number of nitrogens with one attached hydrogen (secondary N) is 2. The minimum atomic E-state index is 0.669. The lowest BCUT2D eigenvalue weighted by Crippen LogP contribution is -2.20. The van der Waals surface area contributed by atoms with Crippen molar-refractivity contribution in [3.05, 3.63) is 11.8 Å². The lowest BCUT2D eigenvalue weighted by atomic mass is 10.0. The second-order valence-electron chi connectivity index (χ2n) is 2.73. The first-order valence-corrected chi connectivity index (χ1v) is 3.73. The predicted molar refractivity (Wildman–Crippen MR) is 38.1 cm³/mol. The van der Waals surface area contributed by atoms with Crippen LogP contribution in [0.2, 0.25) is 0 Å². The van der Waals surface area contributed by atoms with E-state index in [-0.39, 0.29) is 0 Å². The highest BCUT2D eigenvalue weighted by molar-refractivity contribution is 5.09. The quantitative estimate of drug-likeness (QED) is 0.497. The molecule has 0 spiro atoms. The SMILES string of the molecule is C1=C2NNCC2CCOC1. The van der Waals surface area contributed by atoms with Crippen molar-refractivity contribution in [1.29, 1.82) is 0 Å². The second-order valence-corrected chi connectivity index (χ2v) is 2.73. The van der Waals surface area contributed by atoms with Gasteiger partial charge in [-0.05, 0) is 12.5 Å². The van der Waals surface area contributed by atoms with Gasteiger partial charge in [-0.25, -0.2) is 5.43 Å². The summed E-state index contributed by atoms with van der Waals surface area (Å²) in [6, 6.07) is 0. The highest BCUT2D eigenvalue weighted by atomic mass is 16.5. The molecule has 0 aliphatic carbocycles. The maximum Gasteiger partial charge on any atom is 0.0667 e. The molecule has 1 fully saturated rings. The third-order valence-electron chi connectivity index (χ3n) is 2.05. The summed E-state index contributed by atoms with van der Waals surface area (Å²) in [5, 5.41) is 0. The van der Waals surface area contributed by atoms with Gasteiger partial charge in [0.15, 0.2) is 0 Å². The Morgan fingerprint density at radius 2 is 2.60 bits per heavy atom. The lowest BCUT2D eigenvalue weighted by molar-refractivity contribution is 0.158. The molecule has 0 aromatic carbocycles. The van der Waals surface area contributed by atoms with E-state index >= 15 is 0 Å². The molecule has 0 radical (unpaired) electrons. The van der Waals surface area contributed by atoms with E-state index in [9.17, 15) is 0 Å². The topological polar surface area (TPSA) is 33.3 Å². The van der Waals surface area contributed by atoms with Crippen molar-refractivity contribution in [2.45, 2.75) is 6.42 Å². The molecule has 0 aromatic heterocycles. The maximum atomic E-state index is 5.29. The van der Waals surface area contributed by atoms with Crippen molar-refractivity contribution in [3.8, 4) is 0 Å². The molecule has 0 saturated carbocycles. The fraction of sp³-hybridized carbons (Fsp3) is 0.714. The van der Waals surface area contributed by atoms with Gasteiger partial charge in [0.2, 0.25) is 0 Å². The summed E-state index contributed by atoms with van der Waals surface area (Å²) in [4.78, 5) is 0. The third-order valence-corrected chi connectivity index (χ3v) is 2.05. The smallest absolute Gasteiger partial charge is 0.0667 e. The Kier molecular flexibility index (Phi) is 1.61. The molecule has 3 nitrogen and oxygen atoms in total. The minimum absolute atomic E-state index is 0.669. The highest BCUT2D eigenvalue weighted by Crippen LogP contribution is 2.17. The Hall–Kier alpha value is -0.540. The number of fused-ring (bicyclic) bond motifs is 1. The van der Waals surface area contributed by atoms with Crippen LogP contribution in [0, 0.1) is 5.92 Å². The average molecular weight is 140 g/mol. The van der Waals surface area contributed by atoms with E-state index in [1.807, 2.05) is 0 Å². The first-order chi connectivity index (χ1) is 4.97. The van der Waals surface area contributed by atoms with E-state index in [4.69, 9.17) is 4.74 Å². The molecular weight excluding hydrogens is 128 g/mol. The van der Waals surface area contributed by atoms with Gasteiger partial charge in [-0.2, -0.15) is 0 Å². The first kappa shape index (κ1) is 6.19. The standard InChI is InChI=1S/C7H12N2O/c1-3-10-4-2-7-6(1)5-8-9-7/h2,6,8-9H,1,3-5H2. The van der Waals surface area contributed by atoms with Crippen LogP contribution in [0.5, 0.6) is 0 Å². The average Bonchev–Trinajstić information content (AvgIpc) is 2.28. The van der Waals surface area contributed by atoms with Crippen LogP contribution in [0.25, 0.3) is 0 Å². The second kappa shape index (κ2) is 2.60. The molecule has 2 aliphatic rings. The van der Waals surface area contributed by atoms with Gasteiger partial charge in [0.05, 0.1) is 6.61 Å². The van der Waals surface area contributed by atoms with Crippen LogP contribution >= 0.6 is 0 Å². The number of hydrogen-bond acceptors (Lipinski definition) is 3. The summed E-state index contributed by atoms with van der Waals surface area (Å²) in [7, 11) is 0. The fourth-order valence-corrected chi connectivity index (χ4v) is 1.42. The lowest BCUT2D eigenvalue weighted by Gasteiger charge is -2.03. The molecule has 0 aromatic rings. The summed E-state index contributed by atoms with van der Waals surface area (Å²) >= 11 is 0. The molecule has 56 valence electrons. The molecule has 1 unspecified atom stereocenters. The minimum Gasteiger partial charge on any atom is -0.377 e. The molecule has 2 rings (SSSR count). The molecular formula is C7H12N2O. The van der Waals surface area contributed by atoms with Gasteiger partial charge in [0.25, 0.3) is 0 Å². The Balaban J connectivity index is 2.10. The van der Waals surface area contributed by atoms with Crippen molar-refractivity contribution >= 4 is 0 Å². The molecule has 0 amide bonds. The van der Waals surface area contributed by atoms with Crippen molar-refractivity contribution in [2.75, 3.05) is 19.8 Å². The Bertz CT molecular complexity index is 156. The fourth-order valence-electron chi connectivity index (χ4n) is 1.42. The van der Waals surface area contributed by atoms with Crippen LogP contribution in [0.1, 0.15) is 6.42 Å². The zero-order valence-electron chi connectivity index (χ0n) is 5.89. The van der Waals surface area contributed by atoms with Gasteiger partial charge in [-0.3, -0.25) is 0 Å². The maximum absolute atomic E-state index is 5.29. The largest absolute Gasteiger partial charge is 0.377 e. The van der Waals surface area contributed by atoms with Gasteiger partial charge in [0, 0.05) is 24.8 Å². The Morgan fingerprint density at radius 1 is 1.60 bits per heavy atom. The molecule has 1 atom stereocenters. The third kappa shape index (κ3) is 1.02. The number of ether oxygens (including phenoxy) is 1. The molecule has 2 N–H and O–H groups in total. The van der Waals surface area contributed by atoms with E-state index in [1.165, 1.54) is 5.70 Å². The summed E-state index contributed by atoms with van der Waals surface area (Å²) in [6.45, 7) is 2.71. The van der Waals surface area contributed by atoms with Gasteiger partial charge < -0.3 is 10.2 Å². The number of hydrazine groups is 1. The zero-order valence-corrected chi connectivity index (χ0v) is 5.89. The molecule has 10 heavy (non-hydrogen) atoms. The first-order valence-electron chi connectivity index (χ1n) is 3.73. The van der Waals surface area contributed by atoms with Crippen LogP contribution < -0.4 is 10.9 Å². The van der Waals surface area contributed by atoms with Gasteiger partial charge >= 0.3 is 0 Å². The predicted octanol–water partition coefficient (Wildman–Crippen LogP) is 0.0146. The molecule has 3 heteroatoms. The summed E-state index contributed by atoms with van der Waals surface area (Å²) in [6.07, 6.45) is 3.27. The van der Waals surface area contributed by atoms with E-state index in [2.05, 4.69) is 16.9 Å². The van der Waals surface area contributed by atoms with Crippen molar-refractivity contribution in [3.63, 3.8) is 0 Å². The van der Waals surface area contributed by atoms with E-state index in [0.717, 1.165) is 26.2 Å². The van der Waals surface area contributed by atoms with E-state index in [1.54, 1.807) is 0 Å². The van der Waals surface area contributed by atoms with Crippen LogP contribution in [0.4, 0.5) is 0 Å². The van der Waals surface area contributed by atoms with Crippen LogP contribution in [0.3, 0.4) is 0 Å². The molecule has 2 heterocycles. The highest BCUT2D eigenvalue weighted by Gasteiger charge is 2.20. The van der Waals surface area contributed by atoms with Crippen molar-refractivity contribution in [2.24, 2.45) is 5.92 Å². The van der Waals surface area contributed by atoms with Crippen LogP contribution in [-0.2, 0) is 4.74 Å². The molecule has 1 saturated heterocycles. The molecule has 2 aliphatic heterocycles. The Labute approximate surface area is 60.4 Å². The summed E-state index contributed by atoms with van der Waals surface area (Å²) in [5.41, 5.74) is 7.56. The van der Waals surface area contributed by atoms with Crippen LogP contribution in [0.15, 0.2) is 11.8 Å². The van der Waals surface area contributed by atoms with Gasteiger partial charge in [-0.15, -0.1) is 0 Å². The van der Waals surface area contributed by atoms with E-state index in [0.29, 0.717) is 5.92 Å². The zero-order chi connectivity index (χ0) is 6.81. The number of rotatable bonds is 0. The van der Waals surface area contributed by atoms with Gasteiger partial charge in [0.1, 0.15) is 0 Å². The van der Waals surface area contributed by atoms with Crippen LogP contribution in [-0.4, -0.2) is 19.8 Å². The van der Waals surface area contributed by atoms with Crippen molar-refractivity contribution < 1.29 is 4.74 Å². The monoisotopic (exact) mass is 140 g/mol. The van der Waals surface area contributed by atoms with Crippen molar-refractivity contribution in [1.82, 2.24) is 10.9 Å². The molecule has 0 bridgehead atoms. The summed E-state index contributed by atoms with van der Waals surface area (Å²) < 4.78 is 5.29. The normalized spacial score (nSPS) is 32.0. The summed E-state index contributed by atoms with van der Waals surface area (Å²) in [5.74, 6) is 0.669. The van der Waals surface area contributed by atoms with Gasteiger partial charge in [-0.1, -0.05) is 0 Å². The van der Waals surface area contributed by atoms with E-state index < -0.39 is 0 Å². The number of hydrogen-bond donors (Lipinski definition) is 2.